The van der Waals surface area contributed by atoms with Gasteiger partial charge in [-0.05, 0) is 47.5 Å². The maximum atomic E-state index is 13.1. The number of hydrogen-bond donors (Lipinski definition) is 0. The van der Waals surface area contributed by atoms with E-state index < -0.39 is 8.07 Å². The number of rotatable bonds is 5. The molecule has 0 saturated carbocycles. The minimum Gasteiger partial charge on any atom is -0.497 e. The highest BCUT2D eigenvalue weighted by Crippen LogP contribution is 2.28. The Morgan fingerprint density at radius 3 is 2.09 bits per heavy atom. The van der Waals surface area contributed by atoms with E-state index >= 15 is 0 Å². The second-order valence-electron chi connectivity index (χ2n) is 6.37. The molecule has 0 aliphatic rings. The average Bonchev–Trinajstić information content (AvgIpc) is 2.48. The van der Waals surface area contributed by atoms with Gasteiger partial charge < -0.3 is 4.74 Å². The summed E-state index contributed by atoms with van der Waals surface area (Å²) in [6.45, 7) is 6.81. The van der Waals surface area contributed by atoms with Crippen LogP contribution in [-0.2, 0) is 0 Å². The molecule has 2 rings (SSSR count). The van der Waals surface area contributed by atoms with Crippen LogP contribution in [-0.4, -0.2) is 21.4 Å². The smallest absolute Gasteiger partial charge is 0.123 e. The van der Waals surface area contributed by atoms with E-state index in [-0.39, 0.29) is 11.5 Å². The van der Waals surface area contributed by atoms with Crippen molar-refractivity contribution in [3.8, 4) is 5.75 Å². The highest BCUT2D eigenvalue weighted by molar-refractivity contribution is 6.77. The zero-order valence-electron chi connectivity index (χ0n) is 13.5. The molecule has 0 aliphatic carbocycles. The normalized spacial score (nSPS) is 13.3. The molecule has 0 fully saturated rings. The topological polar surface area (TPSA) is 21.6 Å². The van der Waals surface area contributed by atoms with E-state index in [9.17, 15) is 4.39 Å². The second-order valence-corrected chi connectivity index (χ2v) is 11.7. The zero-order valence-corrected chi connectivity index (χ0v) is 14.5. The molecular weight excluding hydrogens is 293 g/mol. The monoisotopic (exact) mass is 315 g/mol. The van der Waals surface area contributed by atoms with E-state index in [4.69, 9.17) is 9.73 Å². The Morgan fingerprint density at radius 1 is 1.00 bits per heavy atom. The quantitative estimate of drug-likeness (QED) is 0.569. The molecule has 1 atom stereocenters. The predicted molar refractivity (Wildman–Crippen MR) is 93.1 cm³/mol. The predicted octanol–water partition coefficient (Wildman–Crippen LogP) is 4.87. The number of halogens is 1. The first kappa shape index (κ1) is 16.4. The number of hydrogen-bond acceptors (Lipinski definition) is 2. The van der Waals surface area contributed by atoms with Crippen LogP contribution in [0.15, 0.2) is 53.5 Å². The molecule has 0 radical (unpaired) electrons. The summed E-state index contributed by atoms with van der Waals surface area (Å²) >= 11 is 0. The lowest BCUT2D eigenvalue weighted by molar-refractivity contribution is 0.415. The molecular formula is C18H22FNOSi. The largest absolute Gasteiger partial charge is 0.497 e. The fraction of sp³-hybridized carbons (Fsp3) is 0.278. The first-order valence-electron chi connectivity index (χ1n) is 7.33. The standard InChI is InChI=1S/C18H22FNOSi/c1-21-17-11-5-14(6-12-17)13-20-18(22(2,3)4)15-7-9-16(19)10-8-15/h5-13,18H,1-4H3/b20-13+. The van der Waals surface area contributed by atoms with Gasteiger partial charge in [0.1, 0.15) is 11.6 Å². The van der Waals surface area contributed by atoms with Crippen LogP contribution in [0.1, 0.15) is 16.8 Å². The van der Waals surface area contributed by atoms with Crippen molar-refractivity contribution < 1.29 is 9.13 Å². The summed E-state index contributed by atoms with van der Waals surface area (Å²) in [5, 5.41) is 0. The van der Waals surface area contributed by atoms with Gasteiger partial charge in [-0.25, -0.2) is 4.39 Å². The molecule has 4 heteroatoms. The lowest BCUT2D eigenvalue weighted by Gasteiger charge is -2.25. The molecule has 0 saturated heterocycles. The fourth-order valence-corrected chi connectivity index (χ4v) is 4.02. The molecule has 2 aromatic carbocycles. The number of nitrogens with zero attached hydrogens (tertiary/aromatic N) is 1. The number of aliphatic imine (C=N–C) groups is 1. The molecule has 0 bridgehead atoms. The Hall–Kier alpha value is -1.94. The van der Waals surface area contributed by atoms with Crippen molar-refractivity contribution in [2.75, 3.05) is 7.11 Å². The molecule has 22 heavy (non-hydrogen) atoms. The Morgan fingerprint density at radius 2 is 1.59 bits per heavy atom. The molecule has 0 heterocycles. The molecule has 0 amide bonds. The van der Waals surface area contributed by atoms with Crippen molar-refractivity contribution in [2.45, 2.75) is 25.3 Å². The molecule has 0 spiro atoms. The lowest BCUT2D eigenvalue weighted by Crippen LogP contribution is -2.29. The Labute approximate surface area is 132 Å². The molecule has 116 valence electrons. The van der Waals surface area contributed by atoms with Crippen LogP contribution in [0.5, 0.6) is 5.75 Å². The van der Waals surface area contributed by atoms with Gasteiger partial charge in [0.05, 0.1) is 20.8 Å². The summed E-state index contributed by atoms with van der Waals surface area (Å²) in [5.74, 6) is 0.620. The van der Waals surface area contributed by atoms with E-state index in [1.54, 1.807) is 7.11 Å². The third-order valence-corrected chi connectivity index (χ3v) is 5.62. The van der Waals surface area contributed by atoms with Gasteiger partial charge in [-0.2, -0.15) is 0 Å². The van der Waals surface area contributed by atoms with Crippen molar-refractivity contribution in [1.29, 1.82) is 0 Å². The van der Waals surface area contributed by atoms with Gasteiger partial charge in [0.15, 0.2) is 0 Å². The maximum Gasteiger partial charge on any atom is 0.123 e. The van der Waals surface area contributed by atoms with Gasteiger partial charge in [-0.3, -0.25) is 4.99 Å². The second kappa shape index (κ2) is 6.88. The molecule has 0 aromatic heterocycles. The van der Waals surface area contributed by atoms with Gasteiger partial charge in [-0.15, -0.1) is 0 Å². The van der Waals surface area contributed by atoms with Crippen LogP contribution >= 0.6 is 0 Å². The number of benzene rings is 2. The van der Waals surface area contributed by atoms with E-state index in [1.165, 1.54) is 12.1 Å². The highest BCUT2D eigenvalue weighted by Gasteiger charge is 2.27. The average molecular weight is 315 g/mol. The van der Waals surface area contributed by atoms with Gasteiger partial charge in [0.2, 0.25) is 0 Å². The SMILES string of the molecule is COc1ccc(/C=N/C(c2ccc(F)cc2)[Si](C)(C)C)cc1. The molecule has 2 aromatic rings. The fourth-order valence-electron chi connectivity index (χ4n) is 2.31. The Bertz CT molecular complexity index is 630. The van der Waals surface area contributed by atoms with Crippen molar-refractivity contribution >= 4 is 14.3 Å². The van der Waals surface area contributed by atoms with Gasteiger partial charge >= 0.3 is 0 Å². The summed E-state index contributed by atoms with van der Waals surface area (Å²) < 4.78 is 18.3. The Kier molecular flexibility index (Phi) is 5.14. The van der Waals surface area contributed by atoms with Gasteiger partial charge in [-0.1, -0.05) is 31.8 Å². The number of ether oxygens (including phenoxy) is 1. The van der Waals surface area contributed by atoms with Crippen molar-refractivity contribution in [1.82, 2.24) is 0 Å². The van der Waals surface area contributed by atoms with Gasteiger partial charge in [0.25, 0.3) is 0 Å². The molecule has 1 unspecified atom stereocenters. The van der Waals surface area contributed by atoms with Crippen LogP contribution in [0.25, 0.3) is 0 Å². The minimum absolute atomic E-state index is 0.107. The van der Waals surface area contributed by atoms with Gasteiger partial charge in [0, 0.05) is 6.21 Å². The summed E-state index contributed by atoms with van der Waals surface area (Å²) in [4.78, 5) is 4.79. The van der Waals surface area contributed by atoms with Crippen molar-refractivity contribution in [2.24, 2.45) is 4.99 Å². The van der Waals surface area contributed by atoms with Crippen LogP contribution in [0.2, 0.25) is 19.6 Å². The Balaban J connectivity index is 2.26. The van der Waals surface area contributed by atoms with Crippen molar-refractivity contribution in [3.05, 3.63) is 65.5 Å². The van der Waals surface area contributed by atoms with Crippen LogP contribution in [0, 0.1) is 5.82 Å². The van der Waals surface area contributed by atoms with E-state index in [2.05, 4.69) is 19.6 Å². The molecule has 0 N–H and O–H groups in total. The third-order valence-electron chi connectivity index (χ3n) is 3.49. The van der Waals surface area contributed by atoms with Crippen LogP contribution < -0.4 is 4.74 Å². The zero-order chi connectivity index (χ0) is 16.2. The molecule has 0 aliphatic heterocycles. The van der Waals surface area contributed by atoms with Crippen LogP contribution in [0.4, 0.5) is 4.39 Å². The highest BCUT2D eigenvalue weighted by atomic mass is 28.3. The van der Waals surface area contributed by atoms with E-state index in [0.29, 0.717) is 0 Å². The number of methoxy groups -OCH3 is 1. The molecule has 2 nitrogen and oxygen atoms in total. The van der Waals surface area contributed by atoms with E-state index in [0.717, 1.165) is 16.9 Å². The van der Waals surface area contributed by atoms with E-state index in [1.807, 2.05) is 42.6 Å². The summed E-state index contributed by atoms with van der Waals surface area (Å²) in [5.41, 5.74) is 2.21. The first-order chi connectivity index (χ1) is 10.4. The van der Waals surface area contributed by atoms with Crippen molar-refractivity contribution in [3.63, 3.8) is 0 Å². The summed E-state index contributed by atoms with van der Waals surface area (Å²) in [6, 6.07) is 14.5. The third kappa shape index (κ3) is 4.27. The summed E-state index contributed by atoms with van der Waals surface area (Å²) in [6.07, 6.45) is 1.89. The lowest BCUT2D eigenvalue weighted by atomic mass is 10.2. The first-order valence-corrected chi connectivity index (χ1v) is 10.9. The summed E-state index contributed by atoms with van der Waals surface area (Å²) in [7, 11) is 0.0901. The minimum atomic E-state index is -1.56. The maximum absolute atomic E-state index is 13.1. The van der Waals surface area contributed by atoms with Crippen LogP contribution in [0.3, 0.4) is 0 Å².